The van der Waals surface area contributed by atoms with Crippen molar-refractivity contribution in [1.82, 2.24) is 0 Å². The Morgan fingerprint density at radius 2 is 1.79 bits per heavy atom. The highest BCUT2D eigenvalue weighted by Gasteiger charge is 2.30. The topological polar surface area (TPSA) is 35.5 Å². The third-order valence-corrected chi connectivity index (χ3v) is 5.12. The number of hydrogen-bond donors (Lipinski definition) is 0. The van der Waals surface area contributed by atoms with Crippen molar-refractivity contribution in [3.63, 3.8) is 0 Å². The van der Waals surface area contributed by atoms with Gasteiger partial charge in [-0.15, -0.1) is 0 Å². The summed E-state index contributed by atoms with van der Waals surface area (Å²) in [6.07, 6.45) is 5.74. The maximum absolute atomic E-state index is 12.7. The molecular formula is C25H19BrO3. The van der Waals surface area contributed by atoms with Crippen LogP contribution in [-0.2, 0) is 0 Å². The number of rotatable bonds is 5. The van der Waals surface area contributed by atoms with Crippen LogP contribution in [-0.4, -0.2) is 12.4 Å². The number of carbonyl (C=O) groups is 1. The van der Waals surface area contributed by atoms with E-state index < -0.39 is 0 Å². The van der Waals surface area contributed by atoms with Crippen molar-refractivity contribution in [1.29, 1.82) is 0 Å². The number of hydrogen-bond acceptors (Lipinski definition) is 3. The van der Waals surface area contributed by atoms with Crippen LogP contribution in [0.2, 0.25) is 0 Å². The van der Waals surface area contributed by atoms with Gasteiger partial charge < -0.3 is 9.47 Å². The molecule has 0 aromatic heterocycles. The quantitative estimate of drug-likeness (QED) is 0.421. The van der Waals surface area contributed by atoms with E-state index in [9.17, 15) is 4.79 Å². The summed E-state index contributed by atoms with van der Waals surface area (Å²) in [5, 5.41) is 0. The molecule has 1 heterocycles. The molecule has 4 heteroatoms. The zero-order valence-electron chi connectivity index (χ0n) is 15.9. The van der Waals surface area contributed by atoms with Gasteiger partial charge in [0.1, 0.15) is 18.1 Å². The summed E-state index contributed by atoms with van der Waals surface area (Å²) < 4.78 is 12.7. The van der Waals surface area contributed by atoms with E-state index in [2.05, 4.69) is 15.9 Å². The molecule has 29 heavy (non-hydrogen) atoms. The number of benzene rings is 3. The summed E-state index contributed by atoms with van der Waals surface area (Å²) in [7, 11) is 0. The lowest BCUT2D eigenvalue weighted by atomic mass is 10.1. The number of ether oxygens (including phenoxy) is 2. The van der Waals surface area contributed by atoms with E-state index >= 15 is 0 Å². The predicted octanol–water partition coefficient (Wildman–Crippen LogP) is 6.47. The minimum atomic E-state index is -0.112. The normalized spacial score (nSPS) is 14.3. The van der Waals surface area contributed by atoms with Gasteiger partial charge in [0, 0.05) is 10.0 Å². The molecule has 4 rings (SSSR count). The minimum Gasteiger partial charge on any atom is -0.489 e. The van der Waals surface area contributed by atoms with E-state index in [4.69, 9.17) is 9.47 Å². The van der Waals surface area contributed by atoms with E-state index in [-0.39, 0.29) is 5.78 Å². The molecule has 0 unspecified atom stereocenters. The van der Waals surface area contributed by atoms with Crippen LogP contribution in [0.4, 0.5) is 0 Å². The molecule has 0 amide bonds. The fraction of sp³-hybridized carbons (Fsp3) is 0.0800. The average molecular weight is 447 g/mol. The van der Waals surface area contributed by atoms with Crippen molar-refractivity contribution in [2.75, 3.05) is 6.61 Å². The zero-order chi connectivity index (χ0) is 20.2. The molecule has 1 aliphatic heterocycles. The van der Waals surface area contributed by atoms with Crippen LogP contribution >= 0.6 is 15.9 Å². The highest BCUT2D eigenvalue weighted by molar-refractivity contribution is 9.10. The molecule has 0 aliphatic carbocycles. The number of allylic oxidation sites excluding steroid dienone is 1. The summed E-state index contributed by atoms with van der Waals surface area (Å²) in [6, 6.07) is 21.4. The molecule has 0 fully saturated rings. The third kappa shape index (κ3) is 4.33. The Hall–Kier alpha value is -3.11. The summed E-state index contributed by atoms with van der Waals surface area (Å²) >= 11 is 3.44. The third-order valence-electron chi connectivity index (χ3n) is 4.63. The van der Waals surface area contributed by atoms with Crippen molar-refractivity contribution in [2.45, 2.75) is 6.92 Å². The van der Waals surface area contributed by atoms with E-state index in [1.165, 1.54) is 0 Å². The van der Waals surface area contributed by atoms with Crippen molar-refractivity contribution in [3.8, 4) is 11.5 Å². The molecule has 0 bridgehead atoms. The van der Waals surface area contributed by atoms with Crippen molar-refractivity contribution < 1.29 is 14.3 Å². The molecule has 3 aromatic rings. The smallest absolute Gasteiger partial charge is 0.231 e. The number of carbonyl (C=O) groups excluding carboxylic acids is 1. The van der Waals surface area contributed by atoms with E-state index in [0.717, 1.165) is 21.2 Å². The fourth-order valence-corrected chi connectivity index (χ4v) is 3.58. The van der Waals surface area contributed by atoms with Gasteiger partial charge in [-0.25, -0.2) is 0 Å². The highest BCUT2D eigenvalue weighted by atomic mass is 79.9. The van der Waals surface area contributed by atoms with Gasteiger partial charge in [-0.2, -0.15) is 0 Å². The van der Waals surface area contributed by atoms with Crippen LogP contribution in [0, 0.1) is 6.92 Å². The van der Waals surface area contributed by atoms with Gasteiger partial charge in [-0.3, -0.25) is 4.79 Å². The maximum atomic E-state index is 12.7. The van der Waals surface area contributed by atoms with E-state index in [1.807, 2.05) is 79.7 Å². The predicted molar refractivity (Wildman–Crippen MR) is 119 cm³/mol. The second-order valence-corrected chi connectivity index (χ2v) is 7.60. The van der Waals surface area contributed by atoms with Crippen LogP contribution in [0.25, 0.3) is 12.2 Å². The van der Waals surface area contributed by atoms with Crippen molar-refractivity contribution in [2.24, 2.45) is 0 Å². The molecule has 1 aliphatic rings. The molecular weight excluding hydrogens is 428 g/mol. The first-order valence-corrected chi connectivity index (χ1v) is 10.1. The van der Waals surface area contributed by atoms with Gasteiger partial charge in [0.05, 0.1) is 5.56 Å². The van der Waals surface area contributed by atoms with Gasteiger partial charge in [-0.1, -0.05) is 64.5 Å². The monoisotopic (exact) mass is 446 g/mol. The number of ketones is 1. The Bertz CT molecular complexity index is 1110. The largest absolute Gasteiger partial charge is 0.489 e. The second kappa shape index (κ2) is 8.50. The van der Waals surface area contributed by atoms with E-state index in [0.29, 0.717) is 29.4 Å². The summed E-state index contributed by atoms with van der Waals surface area (Å²) in [5.41, 5.74) is 3.41. The lowest BCUT2D eigenvalue weighted by Crippen LogP contribution is -1.98. The molecule has 0 radical (unpaired) electrons. The molecule has 3 aromatic carbocycles. The molecule has 3 nitrogen and oxygen atoms in total. The zero-order valence-corrected chi connectivity index (χ0v) is 17.5. The van der Waals surface area contributed by atoms with Crippen LogP contribution in [0.5, 0.6) is 11.5 Å². The van der Waals surface area contributed by atoms with Crippen LogP contribution in [0.15, 0.2) is 83.0 Å². The first-order chi connectivity index (χ1) is 14.1. The lowest BCUT2D eigenvalue weighted by Gasteiger charge is -2.10. The van der Waals surface area contributed by atoms with Gasteiger partial charge in [-0.05, 0) is 54.5 Å². The van der Waals surface area contributed by atoms with Crippen LogP contribution < -0.4 is 9.47 Å². The first kappa shape index (κ1) is 19.2. The molecule has 0 saturated heterocycles. The number of halogens is 1. The Kier molecular flexibility index (Phi) is 5.63. The summed E-state index contributed by atoms with van der Waals surface area (Å²) in [6.45, 7) is 2.34. The summed E-state index contributed by atoms with van der Waals surface area (Å²) in [4.78, 5) is 12.7. The Morgan fingerprint density at radius 1 is 1.00 bits per heavy atom. The van der Waals surface area contributed by atoms with Gasteiger partial charge >= 0.3 is 0 Å². The SMILES string of the molecule is Cc1c(OC/C=C/c2ccccc2)ccc2c1O/C(=C\c1cccc(Br)c1)C2=O. The second-order valence-electron chi connectivity index (χ2n) is 6.68. The van der Waals surface area contributed by atoms with Gasteiger partial charge in [0.2, 0.25) is 5.78 Å². The standard InChI is InChI=1S/C25H19BrO3/c1-17-22(28-14-6-10-18-7-3-2-4-8-18)13-12-21-24(27)23(29-25(17)21)16-19-9-5-11-20(26)15-19/h2-13,15-16H,14H2,1H3/b10-6+,23-16-. The molecule has 0 N–H and O–H groups in total. The Balaban J connectivity index is 1.50. The lowest BCUT2D eigenvalue weighted by molar-refractivity contribution is 0.101. The Labute approximate surface area is 178 Å². The molecule has 0 spiro atoms. The minimum absolute atomic E-state index is 0.112. The molecule has 0 saturated carbocycles. The van der Waals surface area contributed by atoms with E-state index in [1.54, 1.807) is 12.1 Å². The van der Waals surface area contributed by atoms with Gasteiger partial charge in [0.25, 0.3) is 0 Å². The number of fused-ring (bicyclic) bond motifs is 1. The first-order valence-electron chi connectivity index (χ1n) is 9.29. The van der Waals surface area contributed by atoms with Gasteiger partial charge in [0.15, 0.2) is 5.76 Å². The maximum Gasteiger partial charge on any atom is 0.231 e. The number of Topliss-reactive ketones (excluding diaryl/α,β-unsaturated/α-hetero) is 1. The molecule has 0 atom stereocenters. The van der Waals surface area contributed by atoms with Crippen molar-refractivity contribution in [3.05, 3.63) is 105 Å². The highest BCUT2D eigenvalue weighted by Crippen LogP contribution is 2.39. The average Bonchev–Trinajstić information content (AvgIpc) is 3.04. The van der Waals surface area contributed by atoms with Crippen LogP contribution in [0.1, 0.15) is 27.0 Å². The van der Waals surface area contributed by atoms with Crippen molar-refractivity contribution >= 4 is 33.9 Å². The fourth-order valence-electron chi connectivity index (χ4n) is 3.16. The summed E-state index contributed by atoms with van der Waals surface area (Å²) in [5.74, 6) is 1.49. The Morgan fingerprint density at radius 3 is 2.59 bits per heavy atom. The molecule has 144 valence electrons. The van der Waals surface area contributed by atoms with Crippen LogP contribution in [0.3, 0.4) is 0 Å².